The highest BCUT2D eigenvalue weighted by atomic mass is 32.2. The summed E-state index contributed by atoms with van der Waals surface area (Å²) in [6.45, 7) is 5.80. The third kappa shape index (κ3) is 3.00. The minimum atomic E-state index is -3.82. The fraction of sp³-hybridized carbons (Fsp3) is 0.294. The molecule has 0 radical (unpaired) electrons. The monoisotopic (exact) mass is 377 g/mol. The second kappa shape index (κ2) is 6.34. The Morgan fingerprint density at radius 1 is 1.20 bits per heavy atom. The molecule has 3 rings (SSSR count). The molecule has 1 N–H and O–H groups in total. The molecule has 0 saturated carbocycles. The van der Waals surface area contributed by atoms with E-state index < -0.39 is 9.84 Å². The average Bonchev–Trinajstić information content (AvgIpc) is 2.94. The molecule has 3 aromatic rings. The van der Waals surface area contributed by atoms with E-state index in [2.05, 4.69) is 23.9 Å². The van der Waals surface area contributed by atoms with Gasteiger partial charge in [0.05, 0.1) is 4.90 Å². The quantitative estimate of drug-likeness (QED) is 0.701. The fourth-order valence-electron chi connectivity index (χ4n) is 2.60. The molecule has 0 amide bonds. The second-order valence-corrected chi connectivity index (χ2v) is 8.74. The summed E-state index contributed by atoms with van der Waals surface area (Å²) < 4.78 is 27.6. The minimum Gasteiger partial charge on any atom is -0.493 e. The zero-order chi connectivity index (χ0) is 18.4. The number of rotatable bonds is 4. The largest absolute Gasteiger partial charge is 0.493 e. The van der Waals surface area contributed by atoms with Crippen molar-refractivity contribution in [2.75, 3.05) is 6.26 Å². The molecule has 0 fully saturated rings. The van der Waals surface area contributed by atoms with Crippen LogP contribution in [0.3, 0.4) is 0 Å². The molecule has 0 aliphatic heterocycles. The highest BCUT2D eigenvalue weighted by Crippen LogP contribution is 2.34. The number of aromatic hydroxyl groups is 1. The van der Waals surface area contributed by atoms with E-state index in [0.717, 1.165) is 10.1 Å². The van der Waals surface area contributed by atoms with Gasteiger partial charge in [0, 0.05) is 11.8 Å². The van der Waals surface area contributed by atoms with Gasteiger partial charge in [-0.05, 0) is 36.8 Å². The first-order valence-electron chi connectivity index (χ1n) is 7.74. The third-order valence-corrected chi connectivity index (χ3v) is 6.55. The number of aryl methyl sites for hydroxylation is 1. The van der Waals surface area contributed by atoms with Crippen LogP contribution in [-0.2, 0) is 9.84 Å². The molecule has 0 spiro atoms. The van der Waals surface area contributed by atoms with Crippen LogP contribution < -0.4 is 0 Å². The predicted octanol–water partition coefficient (Wildman–Crippen LogP) is 3.42. The number of nitrogens with zero attached hydrogens (tertiary/aromatic N) is 3. The van der Waals surface area contributed by atoms with Gasteiger partial charge in [-0.25, -0.2) is 13.4 Å². The smallest absolute Gasteiger partial charge is 0.215 e. The molecule has 132 valence electrons. The first-order chi connectivity index (χ1) is 11.8. The van der Waals surface area contributed by atoms with Gasteiger partial charge in [-0.1, -0.05) is 26.0 Å². The SMILES string of the molecule is CSc1nn2c(O)cc(C)nc2c1S(=O)(=O)c1ccc(C(C)C)cc1. The number of sulfone groups is 1. The summed E-state index contributed by atoms with van der Waals surface area (Å²) in [6, 6.07) is 8.29. The van der Waals surface area contributed by atoms with Gasteiger partial charge < -0.3 is 5.11 Å². The van der Waals surface area contributed by atoms with Crippen LogP contribution in [0.25, 0.3) is 5.65 Å². The molecule has 0 aliphatic rings. The van der Waals surface area contributed by atoms with E-state index in [1.807, 2.05) is 12.1 Å². The molecule has 0 unspecified atom stereocenters. The lowest BCUT2D eigenvalue weighted by Gasteiger charge is -2.08. The van der Waals surface area contributed by atoms with Gasteiger partial charge >= 0.3 is 0 Å². The molecule has 0 aliphatic carbocycles. The van der Waals surface area contributed by atoms with E-state index >= 15 is 0 Å². The molecule has 0 bridgehead atoms. The van der Waals surface area contributed by atoms with Gasteiger partial charge in [0.1, 0.15) is 5.03 Å². The van der Waals surface area contributed by atoms with Crippen molar-refractivity contribution in [2.45, 2.75) is 41.5 Å². The predicted molar refractivity (Wildman–Crippen MR) is 97.2 cm³/mol. The topological polar surface area (TPSA) is 84.6 Å². The Hall–Kier alpha value is -2.06. The van der Waals surface area contributed by atoms with E-state index in [4.69, 9.17) is 0 Å². The van der Waals surface area contributed by atoms with Crippen LogP contribution in [-0.4, -0.2) is 34.4 Å². The van der Waals surface area contributed by atoms with Crippen molar-refractivity contribution in [1.82, 2.24) is 14.6 Å². The van der Waals surface area contributed by atoms with E-state index in [1.54, 1.807) is 25.3 Å². The number of fused-ring (bicyclic) bond motifs is 1. The minimum absolute atomic E-state index is 0.0243. The molecular formula is C17H19N3O3S2. The maximum atomic E-state index is 13.2. The lowest BCUT2D eigenvalue weighted by Crippen LogP contribution is -2.04. The highest BCUT2D eigenvalue weighted by molar-refractivity contribution is 7.99. The van der Waals surface area contributed by atoms with Crippen LogP contribution in [0.4, 0.5) is 0 Å². The highest BCUT2D eigenvalue weighted by Gasteiger charge is 2.29. The van der Waals surface area contributed by atoms with Crippen molar-refractivity contribution in [3.05, 3.63) is 41.6 Å². The normalized spacial score (nSPS) is 12.2. The molecule has 8 heteroatoms. The Kier molecular flexibility index (Phi) is 4.51. The van der Waals surface area contributed by atoms with Gasteiger partial charge in [0.15, 0.2) is 10.5 Å². The van der Waals surface area contributed by atoms with Gasteiger partial charge in [0.2, 0.25) is 15.7 Å². The molecule has 25 heavy (non-hydrogen) atoms. The summed E-state index contributed by atoms with van der Waals surface area (Å²) in [5.41, 5.74) is 1.72. The standard InChI is InChI=1S/C17H19N3O3S2/c1-10(2)12-5-7-13(8-6-12)25(22,23)15-16-18-11(3)9-14(21)20(16)19-17(15)24-4/h5-10,21H,1-4H3. The molecular weight excluding hydrogens is 358 g/mol. The van der Waals surface area contributed by atoms with E-state index in [9.17, 15) is 13.5 Å². The van der Waals surface area contributed by atoms with Crippen LogP contribution in [0.5, 0.6) is 5.88 Å². The van der Waals surface area contributed by atoms with Crippen molar-refractivity contribution in [2.24, 2.45) is 0 Å². The van der Waals surface area contributed by atoms with Crippen molar-refractivity contribution in [1.29, 1.82) is 0 Å². The fourth-order valence-corrected chi connectivity index (χ4v) is 4.99. The number of hydrogen-bond donors (Lipinski definition) is 1. The summed E-state index contributed by atoms with van der Waals surface area (Å²) in [4.78, 5) is 4.50. The van der Waals surface area contributed by atoms with Gasteiger partial charge in [-0.2, -0.15) is 9.61 Å². The molecule has 6 nitrogen and oxygen atoms in total. The van der Waals surface area contributed by atoms with Crippen LogP contribution in [0, 0.1) is 6.92 Å². The van der Waals surface area contributed by atoms with Crippen LogP contribution in [0.2, 0.25) is 0 Å². The molecule has 1 aromatic carbocycles. The van der Waals surface area contributed by atoms with E-state index in [1.165, 1.54) is 17.8 Å². The summed E-state index contributed by atoms with van der Waals surface area (Å²) in [6.07, 6.45) is 1.74. The number of benzene rings is 1. The Balaban J connectivity index is 2.26. The second-order valence-electron chi connectivity index (χ2n) is 6.06. The van der Waals surface area contributed by atoms with Crippen LogP contribution >= 0.6 is 11.8 Å². The van der Waals surface area contributed by atoms with Gasteiger partial charge in [-0.15, -0.1) is 11.8 Å². The first-order valence-corrected chi connectivity index (χ1v) is 10.4. The van der Waals surface area contributed by atoms with Crippen molar-refractivity contribution < 1.29 is 13.5 Å². The summed E-state index contributed by atoms with van der Waals surface area (Å²) in [7, 11) is -3.82. The zero-order valence-electron chi connectivity index (χ0n) is 14.4. The third-order valence-electron chi connectivity index (χ3n) is 3.95. The zero-order valence-corrected chi connectivity index (χ0v) is 16.0. The summed E-state index contributed by atoms with van der Waals surface area (Å²) >= 11 is 1.20. The first kappa shape index (κ1) is 17.8. The molecule has 2 heterocycles. The Morgan fingerprint density at radius 3 is 2.40 bits per heavy atom. The Morgan fingerprint density at radius 2 is 1.84 bits per heavy atom. The van der Waals surface area contributed by atoms with E-state index in [-0.39, 0.29) is 21.3 Å². The van der Waals surface area contributed by atoms with Gasteiger partial charge in [0.25, 0.3) is 0 Å². The summed E-state index contributed by atoms with van der Waals surface area (Å²) in [5, 5.41) is 14.6. The maximum Gasteiger partial charge on any atom is 0.215 e. The molecule has 2 aromatic heterocycles. The number of aromatic nitrogens is 3. The van der Waals surface area contributed by atoms with Crippen LogP contribution in [0.1, 0.15) is 31.0 Å². The van der Waals surface area contributed by atoms with Gasteiger partial charge in [-0.3, -0.25) is 0 Å². The number of thioether (sulfide) groups is 1. The lowest BCUT2D eigenvalue weighted by atomic mass is 10.0. The summed E-state index contributed by atoms with van der Waals surface area (Å²) in [5.74, 6) is 0.172. The van der Waals surface area contributed by atoms with Crippen molar-refractivity contribution in [3.63, 3.8) is 0 Å². The van der Waals surface area contributed by atoms with Crippen molar-refractivity contribution >= 4 is 27.2 Å². The lowest BCUT2D eigenvalue weighted by molar-refractivity contribution is 0.433. The van der Waals surface area contributed by atoms with Crippen molar-refractivity contribution in [3.8, 4) is 5.88 Å². The molecule has 0 saturated heterocycles. The van der Waals surface area contributed by atoms with Crippen LogP contribution in [0.15, 0.2) is 45.1 Å². The Labute approximate surface area is 150 Å². The molecule has 0 atom stereocenters. The Bertz CT molecular complexity index is 1040. The maximum absolute atomic E-state index is 13.2. The average molecular weight is 377 g/mol. The number of hydrogen-bond acceptors (Lipinski definition) is 6. The van der Waals surface area contributed by atoms with E-state index in [0.29, 0.717) is 16.6 Å².